The fraction of sp³-hybridized carbons (Fsp3) is 0.484. The fourth-order valence-corrected chi connectivity index (χ4v) is 3.92. The number of primary amides is 1. The lowest BCUT2D eigenvalue weighted by Crippen LogP contribution is -2.52. The van der Waals surface area contributed by atoms with E-state index in [0.29, 0.717) is 19.3 Å². The molecule has 1 aliphatic heterocycles. The van der Waals surface area contributed by atoms with Crippen molar-refractivity contribution >= 4 is 23.9 Å². The van der Waals surface area contributed by atoms with Gasteiger partial charge in [0.15, 0.2) is 5.76 Å². The van der Waals surface area contributed by atoms with Gasteiger partial charge in [-0.25, -0.2) is 9.59 Å². The molecule has 4 atom stereocenters. The van der Waals surface area contributed by atoms with Gasteiger partial charge in [-0.15, -0.1) is 0 Å². The molecule has 10 heteroatoms. The number of esters is 1. The molecular formula is C31H45N3O7. The molecule has 10 nitrogen and oxygen atoms in total. The zero-order valence-corrected chi connectivity index (χ0v) is 25.1. The maximum absolute atomic E-state index is 12.8. The van der Waals surface area contributed by atoms with Gasteiger partial charge in [-0.3, -0.25) is 9.59 Å². The number of nitrogens with one attached hydrogen (secondary N) is 2. The van der Waals surface area contributed by atoms with E-state index in [2.05, 4.69) is 10.6 Å². The molecule has 3 amide bonds. The molecule has 0 fully saturated rings. The van der Waals surface area contributed by atoms with Gasteiger partial charge in [0, 0.05) is 31.3 Å². The molecule has 0 aromatic heterocycles. The highest BCUT2D eigenvalue weighted by atomic mass is 16.6. The summed E-state index contributed by atoms with van der Waals surface area (Å²) in [6.45, 7) is 11.3. The Balaban J connectivity index is 2.69. The highest BCUT2D eigenvalue weighted by molar-refractivity contribution is 5.93. The quantitative estimate of drug-likeness (QED) is 0.120. The molecule has 0 saturated heterocycles. The van der Waals surface area contributed by atoms with E-state index >= 15 is 0 Å². The average Bonchev–Trinajstić information content (AvgIpc) is 2.89. The van der Waals surface area contributed by atoms with Gasteiger partial charge in [-0.2, -0.15) is 0 Å². The summed E-state index contributed by atoms with van der Waals surface area (Å²) in [4.78, 5) is 48.4. The third kappa shape index (κ3) is 13.7. The molecule has 226 valence electrons. The van der Waals surface area contributed by atoms with Gasteiger partial charge in [0.2, 0.25) is 11.8 Å². The summed E-state index contributed by atoms with van der Waals surface area (Å²) in [7, 11) is 1.44. The lowest BCUT2D eigenvalue weighted by molar-refractivity contribution is -0.151. The van der Waals surface area contributed by atoms with Gasteiger partial charge in [0.25, 0.3) is 0 Å². The lowest BCUT2D eigenvalue weighted by Gasteiger charge is -2.29. The molecule has 1 rings (SSSR count). The van der Waals surface area contributed by atoms with Crippen LogP contribution in [0.15, 0.2) is 72.2 Å². The van der Waals surface area contributed by atoms with E-state index in [9.17, 15) is 19.2 Å². The third-order valence-corrected chi connectivity index (χ3v) is 6.12. The SMILES string of the molecule is C/C=C\C[C@@H](C/C=C\NC(=O)C(NC(=O)\C=C/C=C\C(C)=C\[C@H](C)[C@@H]1CC=C(OC)C(=O)O1)C(C)(C)C)OC(N)=O. The van der Waals surface area contributed by atoms with E-state index in [1.54, 1.807) is 24.3 Å². The van der Waals surface area contributed by atoms with Gasteiger partial charge >= 0.3 is 12.1 Å². The molecule has 0 aromatic carbocycles. The Bertz CT molecular complexity index is 1090. The molecule has 0 radical (unpaired) electrons. The second-order valence-corrected chi connectivity index (χ2v) is 10.8. The predicted molar refractivity (Wildman–Crippen MR) is 158 cm³/mol. The second-order valence-electron chi connectivity index (χ2n) is 10.8. The summed E-state index contributed by atoms with van der Waals surface area (Å²) in [6.07, 6.45) is 16.9. The molecule has 0 bridgehead atoms. The van der Waals surface area contributed by atoms with Gasteiger partial charge in [0.1, 0.15) is 18.2 Å². The van der Waals surface area contributed by atoms with E-state index < -0.39 is 35.5 Å². The van der Waals surface area contributed by atoms with Crippen LogP contribution in [0, 0.1) is 11.3 Å². The molecule has 41 heavy (non-hydrogen) atoms. The number of hydrogen-bond donors (Lipinski definition) is 3. The van der Waals surface area contributed by atoms with Crippen molar-refractivity contribution in [2.45, 2.75) is 79.1 Å². The van der Waals surface area contributed by atoms with Crippen molar-refractivity contribution in [1.82, 2.24) is 10.6 Å². The maximum Gasteiger partial charge on any atom is 0.404 e. The molecule has 1 aliphatic rings. The number of cyclic esters (lactones) is 1. The smallest absolute Gasteiger partial charge is 0.404 e. The van der Waals surface area contributed by atoms with Crippen LogP contribution in [0.5, 0.6) is 0 Å². The van der Waals surface area contributed by atoms with Crippen molar-refractivity contribution in [3.05, 3.63) is 72.2 Å². The minimum atomic E-state index is -0.859. The summed E-state index contributed by atoms with van der Waals surface area (Å²) in [5.74, 6) is -1.05. The number of hydrogen-bond acceptors (Lipinski definition) is 7. The van der Waals surface area contributed by atoms with Crippen molar-refractivity contribution in [3.63, 3.8) is 0 Å². The number of ether oxygens (including phenoxy) is 3. The van der Waals surface area contributed by atoms with E-state index in [1.807, 2.05) is 65.8 Å². The summed E-state index contributed by atoms with van der Waals surface area (Å²) in [5.41, 5.74) is 5.50. The first-order valence-corrected chi connectivity index (χ1v) is 13.6. The normalized spacial score (nSPS) is 18.7. The van der Waals surface area contributed by atoms with Crippen molar-refractivity contribution in [2.24, 2.45) is 17.1 Å². The molecule has 0 saturated carbocycles. The minimum Gasteiger partial charge on any atom is -0.490 e. The number of carbonyl (C=O) groups is 4. The minimum absolute atomic E-state index is 0.0135. The van der Waals surface area contributed by atoms with Crippen LogP contribution in [0.25, 0.3) is 0 Å². The van der Waals surface area contributed by atoms with E-state index in [0.717, 1.165) is 5.57 Å². The molecule has 1 unspecified atom stereocenters. The van der Waals surface area contributed by atoms with Crippen molar-refractivity contribution < 1.29 is 33.4 Å². The van der Waals surface area contributed by atoms with Gasteiger partial charge in [-0.05, 0) is 31.5 Å². The molecule has 0 aliphatic carbocycles. The van der Waals surface area contributed by atoms with Gasteiger partial charge in [0.05, 0.1) is 7.11 Å². The van der Waals surface area contributed by atoms with E-state index in [4.69, 9.17) is 19.9 Å². The summed E-state index contributed by atoms with van der Waals surface area (Å²) in [5, 5.41) is 5.44. The number of rotatable bonds is 14. The van der Waals surface area contributed by atoms with E-state index in [1.165, 1.54) is 19.4 Å². The predicted octanol–water partition coefficient (Wildman–Crippen LogP) is 4.51. The number of amides is 3. The van der Waals surface area contributed by atoms with Crippen molar-refractivity contribution in [1.29, 1.82) is 0 Å². The number of methoxy groups -OCH3 is 1. The Morgan fingerprint density at radius 3 is 2.41 bits per heavy atom. The van der Waals surface area contributed by atoms with E-state index in [-0.39, 0.29) is 23.7 Å². The van der Waals surface area contributed by atoms with Gasteiger partial charge in [-0.1, -0.05) is 75.8 Å². The first-order valence-electron chi connectivity index (χ1n) is 13.6. The lowest BCUT2D eigenvalue weighted by atomic mass is 9.86. The van der Waals surface area contributed by atoms with Crippen LogP contribution in [0.3, 0.4) is 0 Å². The molecule has 0 aromatic rings. The van der Waals surface area contributed by atoms with Crippen molar-refractivity contribution in [2.75, 3.05) is 7.11 Å². The zero-order chi connectivity index (χ0) is 31.0. The second kappa shape index (κ2) is 17.6. The Morgan fingerprint density at radius 2 is 1.83 bits per heavy atom. The topological polar surface area (TPSA) is 146 Å². The maximum atomic E-state index is 12.8. The average molecular weight is 572 g/mol. The molecule has 4 N–H and O–H groups in total. The number of allylic oxidation sites excluding steroid dienone is 5. The van der Waals surface area contributed by atoms with Crippen LogP contribution < -0.4 is 16.4 Å². The highest BCUT2D eigenvalue weighted by Gasteiger charge is 2.32. The summed E-state index contributed by atoms with van der Waals surface area (Å²) >= 11 is 0. The Hall–Kier alpha value is -4.08. The Labute approximate surface area is 243 Å². The number of nitrogens with two attached hydrogens (primary N) is 1. The largest absolute Gasteiger partial charge is 0.490 e. The molecule has 1 heterocycles. The molecular weight excluding hydrogens is 526 g/mol. The summed E-state index contributed by atoms with van der Waals surface area (Å²) in [6, 6.07) is -0.803. The van der Waals surface area contributed by atoms with Crippen LogP contribution in [0.2, 0.25) is 0 Å². The van der Waals surface area contributed by atoms with Crippen LogP contribution in [0.1, 0.15) is 60.8 Å². The van der Waals surface area contributed by atoms with Crippen LogP contribution >= 0.6 is 0 Å². The van der Waals surface area contributed by atoms with Crippen LogP contribution in [-0.2, 0) is 28.6 Å². The number of carbonyl (C=O) groups excluding carboxylic acids is 4. The fourth-order valence-electron chi connectivity index (χ4n) is 3.92. The Kier molecular flexibility index (Phi) is 15.0. The zero-order valence-electron chi connectivity index (χ0n) is 25.1. The standard InChI is InChI=1S/C31H45N3O7/c1-8-9-14-23(40-30(32)38)15-12-19-33-28(36)27(31(4,5)6)34-26(35)16-11-10-13-21(2)20-22(3)24-17-18-25(39-7)29(37)41-24/h8-13,16,18-20,22-24,27H,14-15,17H2,1-7H3,(H2,32,38)(H,33,36)(H,34,35)/b9-8-,13-10-,16-11-,19-12-,21-20+/t22-,23-,24-,27?/m0/s1. The highest BCUT2D eigenvalue weighted by Crippen LogP contribution is 2.23. The third-order valence-electron chi connectivity index (χ3n) is 6.12. The van der Waals surface area contributed by atoms with Crippen LogP contribution in [-0.4, -0.2) is 49.2 Å². The van der Waals surface area contributed by atoms with Crippen molar-refractivity contribution in [3.8, 4) is 0 Å². The first kappa shape index (κ1) is 34.9. The molecule has 0 spiro atoms. The Morgan fingerprint density at radius 1 is 1.17 bits per heavy atom. The van der Waals surface area contributed by atoms with Gasteiger partial charge < -0.3 is 30.6 Å². The first-order chi connectivity index (χ1) is 19.3. The summed E-state index contributed by atoms with van der Waals surface area (Å²) < 4.78 is 15.5. The van der Waals surface area contributed by atoms with Crippen LogP contribution in [0.4, 0.5) is 4.79 Å². The monoisotopic (exact) mass is 571 g/mol.